The molecule has 0 spiro atoms. The molecule has 4 unspecified atom stereocenters. The molecule has 0 radical (unpaired) electrons. The van der Waals surface area contributed by atoms with E-state index in [9.17, 15) is 9.90 Å². The Kier molecular flexibility index (Phi) is 3.79. The second-order valence-electron chi connectivity index (χ2n) is 10.6. The van der Waals surface area contributed by atoms with Crippen molar-refractivity contribution in [1.82, 2.24) is 9.88 Å². The van der Waals surface area contributed by atoms with E-state index >= 15 is 0 Å². The average molecular weight is 393 g/mol. The average Bonchev–Trinajstić information content (AvgIpc) is 3.37. The van der Waals surface area contributed by atoms with E-state index in [1.165, 1.54) is 40.4 Å². The summed E-state index contributed by atoms with van der Waals surface area (Å²) in [6, 6.07) is 4.95. The number of aliphatic hydroxyl groups is 1. The largest absolute Gasteiger partial charge is 0.390 e. The number of H-pyrrole nitrogens is 1. The second kappa shape index (κ2) is 6.10. The fourth-order valence-corrected chi connectivity index (χ4v) is 7.14. The quantitative estimate of drug-likeness (QED) is 0.789. The van der Waals surface area contributed by atoms with Gasteiger partial charge in [-0.15, -0.1) is 0 Å². The van der Waals surface area contributed by atoms with E-state index in [0.29, 0.717) is 24.2 Å². The first kappa shape index (κ1) is 18.0. The Bertz CT molecular complexity index is 972. The molecule has 2 aromatic rings. The van der Waals surface area contributed by atoms with E-state index in [4.69, 9.17) is 0 Å². The minimum absolute atomic E-state index is 0.204. The maximum Gasteiger partial charge on any atom is 0.223 e. The van der Waals surface area contributed by atoms with E-state index in [1.807, 2.05) is 0 Å². The molecule has 29 heavy (non-hydrogen) atoms. The zero-order valence-corrected chi connectivity index (χ0v) is 17.6. The van der Waals surface area contributed by atoms with Gasteiger partial charge < -0.3 is 15.0 Å². The molecule has 3 heterocycles. The Balaban J connectivity index is 1.27. The number of hydrogen-bond acceptors (Lipinski definition) is 2. The lowest BCUT2D eigenvalue weighted by Gasteiger charge is -2.59. The van der Waals surface area contributed by atoms with Crippen LogP contribution in [-0.4, -0.2) is 38.6 Å². The smallest absolute Gasteiger partial charge is 0.223 e. The zero-order chi connectivity index (χ0) is 19.9. The summed E-state index contributed by atoms with van der Waals surface area (Å²) >= 11 is 0. The van der Waals surface area contributed by atoms with Gasteiger partial charge in [-0.1, -0.05) is 13.0 Å². The molecule has 3 aliphatic carbocycles. The van der Waals surface area contributed by atoms with Gasteiger partial charge in [-0.25, -0.2) is 0 Å². The molecular weight excluding hydrogens is 360 g/mol. The van der Waals surface area contributed by atoms with Gasteiger partial charge >= 0.3 is 0 Å². The molecule has 1 aromatic carbocycles. The van der Waals surface area contributed by atoms with Crippen molar-refractivity contribution in [2.75, 3.05) is 0 Å². The molecule has 2 saturated heterocycles. The van der Waals surface area contributed by atoms with E-state index in [1.54, 1.807) is 0 Å². The Morgan fingerprint density at radius 1 is 1.24 bits per heavy atom. The lowest BCUT2D eigenvalue weighted by atomic mass is 9.61. The van der Waals surface area contributed by atoms with E-state index in [2.05, 4.69) is 42.1 Å². The highest BCUT2D eigenvalue weighted by Gasteiger charge is 2.54. The molecule has 5 fully saturated rings. The standard InChI is InChI=1S/C25H32N2O2/c1-14-3-6-21-24(23(14)17-4-5-17)20(13-26-21)15(2)7-22(28)27-18-8-16-9-19(27)12-25(29,10-16)11-18/h3,6,13,15-19,26,29H,4-5,7-12H2,1-2H3/t15?,16?,18-,19?,25?/m0/s1. The summed E-state index contributed by atoms with van der Waals surface area (Å²) in [4.78, 5) is 19.1. The highest BCUT2D eigenvalue weighted by Crippen LogP contribution is 2.52. The second-order valence-corrected chi connectivity index (χ2v) is 10.6. The third-order valence-corrected chi connectivity index (χ3v) is 8.32. The summed E-state index contributed by atoms with van der Waals surface area (Å²) in [6.07, 6.45) is 10.0. The number of aryl methyl sites for hydroxylation is 1. The van der Waals surface area contributed by atoms with Crippen LogP contribution in [0.15, 0.2) is 18.3 Å². The summed E-state index contributed by atoms with van der Waals surface area (Å²) in [6.45, 7) is 4.44. The van der Waals surface area contributed by atoms with Gasteiger partial charge in [-0.2, -0.15) is 0 Å². The van der Waals surface area contributed by atoms with Gasteiger partial charge in [0.25, 0.3) is 0 Å². The van der Waals surface area contributed by atoms with Crippen molar-refractivity contribution in [3.05, 3.63) is 35.0 Å². The van der Waals surface area contributed by atoms with Crippen LogP contribution in [0.1, 0.15) is 86.8 Å². The van der Waals surface area contributed by atoms with Crippen LogP contribution < -0.4 is 0 Å². The molecular formula is C25H32N2O2. The maximum atomic E-state index is 13.4. The van der Waals surface area contributed by atoms with Crippen LogP contribution in [0.4, 0.5) is 0 Å². The van der Waals surface area contributed by atoms with E-state index < -0.39 is 5.60 Å². The normalized spacial score (nSPS) is 34.2. The predicted octanol–water partition coefficient (Wildman–Crippen LogP) is 4.75. The minimum Gasteiger partial charge on any atom is -0.390 e. The number of fused-ring (bicyclic) bond motifs is 1. The number of nitrogens with zero attached hydrogens (tertiary/aromatic N) is 1. The summed E-state index contributed by atoms with van der Waals surface area (Å²) in [5, 5.41) is 12.2. The van der Waals surface area contributed by atoms with Crippen molar-refractivity contribution in [3.63, 3.8) is 0 Å². The van der Waals surface area contributed by atoms with Gasteiger partial charge in [0.15, 0.2) is 0 Å². The van der Waals surface area contributed by atoms with Gasteiger partial charge in [-0.3, -0.25) is 4.79 Å². The third kappa shape index (κ3) is 2.78. The van der Waals surface area contributed by atoms with Gasteiger partial charge in [-0.05, 0) is 92.4 Å². The van der Waals surface area contributed by atoms with Gasteiger partial charge in [0.05, 0.1) is 5.60 Å². The van der Waals surface area contributed by atoms with Crippen LogP contribution in [-0.2, 0) is 4.79 Å². The van der Waals surface area contributed by atoms with Crippen molar-refractivity contribution in [1.29, 1.82) is 0 Å². The number of hydrogen-bond donors (Lipinski definition) is 2. The highest BCUT2D eigenvalue weighted by atomic mass is 16.3. The van der Waals surface area contributed by atoms with Gasteiger partial charge in [0.2, 0.25) is 5.91 Å². The number of amides is 1. The lowest BCUT2D eigenvalue weighted by molar-refractivity contribution is -0.174. The molecule has 3 saturated carbocycles. The molecule has 4 heteroatoms. The number of carbonyl (C=O) groups is 1. The van der Waals surface area contributed by atoms with Crippen molar-refractivity contribution in [2.24, 2.45) is 5.92 Å². The monoisotopic (exact) mass is 392 g/mol. The Morgan fingerprint density at radius 3 is 2.62 bits per heavy atom. The third-order valence-electron chi connectivity index (χ3n) is 8.32. The van der Waals surface area contributed by atoms with E-state index in [-0.39, 0.29) is 18.0 Å². The highest BCUT2D eigenvalue weighted by molar-refractivity contribution is 5.90. The minimum atomic E-state index is -0.494. The molecule has 4 nitrogen and oxygen atoms in total. The Labute approximate surface area is 172 Å². The molecule has 2 N–H and O–H groups in total. The summed E-state index contributed by atoms with van der Waals surface area (Å²) in [5.74, 6) is 1.82. The maximum absolute atomic E-state index is 13.4. The van der Waals surface area contributed by atoms with Crippen LogP contribution in [0.5, 0.6) is 0 Å². The zero-order valence-electron chi connectivity index (χ0n) is 17.6. The fourth-order valence-electron chi connectivity index (χ4n) is 7.14. The van der Waals surface area contributed by atoms with Crippen molar-refractivity contribution in [2.45, 2.75) is 94.7 Å². The number of carbonyl (C=O) groups excluding carboxylic acids is 1. The molecule has 7 rings (SSSR count). The lowest BCUT2D eigenvalue weighted by Crippen LogP contribution is -2.65. The van der Waals surface area contributed by atoms with Crippen molar-refractivity contribution < 1.29 is 9.90 Å². The Morgan fingerprint density at radius 2 is 1.97 bits per heavy atom. The topological polar surface area (TPSA) is 56.3 Å². The molecule has 4 bridgehead atoms. The first-order valence-corrected chi connectivity index (χ1v) is 11.6. The van der Waals surface area contributed by atoms with Crippen LogP contribution in [0.25, 0.3) is 10.9 Å². The number of aromatic amines is 1. The van der Waals surface area contributed by atoms with E-state index in [0.717, 1.165) is 32.1 Å². The van der Waals surface area contributed by atoms with Gasteiger partial charge in [0.1, 0.15) is 0 Å². The summed E-state index contributed by atoms with van der Waals surface area (Å²) in [5.41, 5.74) is 4.92. The van der Waals surface area contributed by atoms with Crippen LogP contribution in [0.2, 0.25) is 0 Å². The Hall–Kier alpha value is -1.81. The fraction of sp³-hybridized carbons (Fsp3) is 0.640. The summed E-state index contributed by atoms with van der Waals surface area (Å²) < 4.78 is 0. The molecule has 1 amide bonds. The molecule has 2 aliphatic heterocycles. The number of nitrogens with one attached hydrogen (secondary N) is 1. The van der Waals surface area contributed by atoms with Crippen molar-refractivity contribution in [3.8, 4) is 0 Å². The number of rotatable bonds is 4. The number of aromatic nitrogens is 1. The number of piperidine rings is 2. The molecule has 5 atom stereocenters. The van der Waals surface area contributed by atoms with Crippen molar-refractivity contribution >= 4 is 16.8 Å². The number of benzene rings is 1. The van der Waals surface area contributed by atoms with Crippen LogP contribution in [0.3, 0.4) is 0 Å². The summed E-state index contributed by atoms with van der Waals surface area (Å²) in [7, 11) is 0. The van der Waals surface area contributed by atoms with Crippen LogP contribution >= 0.6 is 0 Å². The SMILES string of the molecule is Cc1ccc2[nH]cc(C(C)CC(=O)N3C4CC5C[C@H]3CC(O)(C5)C4)c2c1C1CC1. The predicted molar refractivity (Wildman–Crippen MR) is 114 cm³/mol. The van der Waals surface area contributed by atoms with Crippen LogP contribution in [0, 0.1) is 12.8 Å². The molecule has 154 valence electrons. The van der Waals surface area contributed by atoms with Gasteiger partial charge in [0, 0.05) is 35.6 Å². The first-order chi connectivity index (χ1) is 13.9. The molecule has 5 aliphatic rings. The molecule has 1 aromatic heterocycles. The first-order valence-electron chi connectivity index (χ1n) is 11.6.